The molecule has 59 N–H and O–H groups in total. The molecular weight excluding hydrogens is 1240 g/mol. The van der Waals surface area contributed by atoms with Crippen molar-refractivity contribution in [3.05, 3.63) is 0 Å². The van der Waals surface area contributed by atoms with Crippen LogP contribution in [0.3, 0.4) is 0 Å². The summed E-state index contributed by atoms with van der Waals surface area (Å²) in [6.45, 7) is 4.75. The molecule has 0 aliphatic carbocycles. The molecule has 0 bridgehead atoms. The average Bonchev–Trinajstić information content (AvgIpc) is 3.66. The standard InChI is InChI=1S/C47H127N31O15/c1-5-7-19(68-36(85)25(13-62-44(54)55)74-34(83)23(11-50)71-40(89)41(90)78-39(88)29(51)18(3)4)31(80)73-26(14-63-45(56)57)37(86)69-21(9-48)33(82)72-24(12-61-43(52)53)30(79)65-17-66-47(93)77-20(8-6-2)32(81)75-27(16-67-60)38(87)70-22(10-49)35(84)76-28(42(91)92)15-64-46(58)59/h18-47,61-93H,5-17,48-60H2,1-4H3/t19-,20?,21?,22?,23?,24?,25?,26?,27?,28?,29?,30?,31?,32?,33?,34?,35?,36?,37?,38?,39?,40?,41?,47?/m0/s1. The average molecular weight is 1370 g/mol. The third kappa shape index (κ3) is 38.4. The van der Waals surface area contributed by atoms with E-state index in [0.29, 0.717) is 12.8 Å². The van der Waals surface area contributed by atoms with Crippen LogP contribution in [0, 0.1) is 5.92 Å². The molecule has 0 aliphatic heterocycles. The second kappa shape index (κ2) is 50.5. The van der Waals surface area contributed by atoms with Crippen molar-refractivity contribution in [1.29, 1.82) is 0 Å². The minimum Gasteiger partial charge on any atom is -0.377 e. The lowest BCUT2D eigenvalue weighted by Crippen LogP contribution is -2.68. The Hall–Kier alpha value is -1.84. The highest BCUT2D eigenvalue weighted by Gasteiger charge is 2.37. The number of hydrogen-bond acceptors (Lipinski definition) is 46. The molecule has 0 rings (SSSR count). The molecule has 0 amide bonds. The van der Waals surface area contributed by atoms with Crippen LogP contribution in [0.1, 0.15) is 53.4 Å². The van der Waals surface area contributed by atoms with E-state index in [1.165, 1.54) is 0 Å². The molecule has 46 heteroatoms. The van der Waals surface area contributed by atoms with Crippen molar-refractivity contribution >= 4 is 0 Å². The largest absolute Gasteiger partial charge is 0.377 e. The zero-order chi connectivity index (χ0) is 71.2. The summed E-state index contributed by atoms with van der Waals surface area (Å²) in [5.74, 6) is 5.39. The van der Waals surface area contributed by atoms with Crippen molar-refractivity contribution in [2.24, 2.45) is 80.6 Å². The van der Waals surface area contributed by atoms with Crippen molar-refractivity contribution in [3.8, 4) is 0 Å². The van der Waals surface area contributed by atoms with E-state index in [-0.39, 0.29) is 77.8 Å². The maximum atomic E-state index is 11.7. The fourth-order valence-electron chi connectivity index (χ4n) is 9.03. The maximum absolute atomic E-state index is 11.7. The smallest absolute Gasteiger partial charge is 0.168 e. The Bertz CT molecular complexity index is 1800. The Morgan fingerprint density at radius 2 is 0.570 bits per heavy atom. The van der Waals surface area contributed by atoms with Gasteiger partial charge in [-0.15, -0.1) is 0 Å². The van der Waals surface area contributed by atoms with Gasteiger partial charge >= 0.3 is 0 Å². The first kappa shape index (κ1) is 91.2. The van der Waals surface area contributed by atoms with Crippen LogP contribution in [0.4, 0.5) is 0 Å². The molecular formula is C47H127N31O15. The molecule has 0 saturated heterocycles. The van der Waals surface area contributed by atoms with Gasteiger partial charge in [0.05, 0.1) is 55.0 Å². The zero-order valence-corrected chi connectivity index (χ0v) is 53.7. The van der Waals surface area contributed by atoms with Gasteiger partial charge in [0.2, 0.25) is 0 Å². The second-order valence-corrected chi connectivity index (χ2v) is 22.9. The Balaban J connectivity index is 6.21. The summed E-state index contributed by atoms with van der Waals surface area (Å²) >= 11 is 0. The summed E-state index contributed by atoms with van der Waals surface area (Å²) in [6.07, 6.45) is -26.0. The van der Waals surface area contributed by atoms with E-state index in [1.54, 1.807) is 27.7 Å². The van der Waals surface area contributed by atoms with Crippen LogP contribution in [0.5, 0.6) is 0 Å². The van der Waals surface area contributed by atoms with E-state index in [1.807, 2.05) is 0 Å². The van der Waals surface area contributed by atoms with E-state index in [2.05, 4.69) is 95.8 Å². The maximum Gasteiger partial charge on any atom is 0.168 e. The quantitative estimate of drug-likeness (QED) is 0.0153. The summed E-state index contributed by atoms with van der Waals surface area (Å²) in [5.41, 5.74) is 71.7. The van der Waals surface area contributed by atoms with E-state index in [4.69, 9.17) is 74.6 Å². The molecule has 0 heterocycles. The van der Waals surface area contributed by atoms with Crippen molar-refractivity contribution < 1.29 is 76.6 Å². The Kier molecular flexibility index (Phi) is 49.5. The first-order valence-electron chi connectivity index (χ1n) is 30.9. The van der Waals surface area contributed by atoms with E-state index in [9.17, 15) is 76.6 Å². The van der Waals surface area contributed by atoms with E-state index < -0.39 is 179 Å². The number of hydrogen-bond donors (Lipinski definition) is 46. The molecule has 0 spiro atoms. The lowest BCUT2D eigenvalue weighted by molar-refractivity contribution is -0.0828. The Morgan fingerprint density at radius 1 is 0.290 bits per heavy atom. The fraction of sp³-hybridized carbons (Fsp3) is 1.00. The molecule has 0 aromatic rings. The molecule has 0 aromatic heterocycles. The van der Waals surface area contributed by atoms with Gasteiger partial charge in [-0.2, -0.15) is 0 Å². The summed E-state index contributed by atoms with van der Waals surface area (Å²) < 4.78 is 0. The van der Waals surface area contributed by atoms with Gasteiger partial charge in [-0.25, -0.2) is 0 Å². The van der Waals surface area contributed by atoms with Gasteiger partial charge < -0.3 is 145 Å². The number of aliphatic hydroxyl groups excluding tert-OH is 14. The van der Waals surface area contributed by atoms with Crippen LogP contribution in [0.2, 0.25) is 0 Å². The lowest BCUT2D eigenvalue weighted by Gasteiger charge is -2.38. The SMILES string of the molecule is CCCC(NC(O)NCNC(O)C(CNC(N)N)NC(O)C(CN)NC(O)C(CNC(N)N)NC(O)[C@H](CCC)NC(O)C(CNC(N)N)NC(O)C(CN)NC(O)C(O)NC(O)C(N)C(C)C)C(O)NC(CNN)C(O)NC(CN)C(O)NC(CNC(N)N)C(O)O. The molecule has 0 radical (unpaired) electrons. The molecule has 0 aromatic carbocycles. The van der Waals surface area contributed by atoms with E-state index >= 15 is 0 Å². The minimum absolute atomic E-state index is 0.167. The molecule has 23 unspecified atom stereocenters. The molecule has 0 aliphatic rings. The molecule has 24 atom stereocenters. The highest BCUT2D eigenvalue weighted by atomic mass is 16.5. The monoisotopic (exact) mass is 1370 g/mol. The van der Waals surface area contributed by atoms with Gasteiger partial charge in [-0.05, 0) is 18.8 Å². The lowest BCUT2D eigenvalue weighted by atomic mass is 10.0. The van der Waals surface area contributed by atoms with Gasteiger partial charge in [0.25, 0.3) is 0 Å². The van der Waals surface area contributed by atoms with Gasteiger partial charge in [0, 0.05) is 70.5 Å². The zero-order valence-electron chi connectivity index (χ0n) is 53.7. The van der Waals surface area contributed by atoms with E-state index in [0.717, 1.165) is 0 Å². The van der Waals surface area contributed by atoms with Crippen LogP contribution in [-0.4, -0.2) is 315 Å². The summed E-state index contributed by atoms with van der Waals surface area (Å²) in [4.78, 5) is 0. The fourth-order valence-corrected chi connectivity index (χ4v) is 9.03. The number of aliphatic hydroxyl groups is 15. The van der Waals surface area contributed by atoms with Crippen LogP contribution in [0.25, 0.3) is 0 Å². The molecule has 560 valence electrons. The predicted molar refractivity (Wildman–Crippen MR) is 342 cm³/mol. The van der Waals surface area contributed by atoms with Crippen LogP contribution in [0.15, 0.2) is 0 Å². The number of rotatable bonds is 60. The van der Waals surface area contributed by atoms with Crippen molar-refractivity contribution in [1.82, 2.24) is 95.8 Å². The summed E-state index contributed by atoms with van der Waals surface area (Å²) in [5, 5.41) is 211. The first-order chi connectivity index (χ1) is 43.6. The van der Waals surface area contributed by atoms with Crippen LogP contribution >= 0.6 is 0 Å². The van der Waals surface area contributed by atoms with Gasteiger partial charge in [0.15, 0.2) is 12.6 Å². The molecule has 0 saturated carbocycles. The minimum atomic E-state index is -1.97. The normalized spacial score (nSPS) is 20.7. The molecule has 0 fully saturated rings. The van der Waals surface area contributed by atoms with Crippen LogP contribution in [-0.2, 0) is 0 Å². The second-order valence-electron chi connectivity index (χ2n) is 22.9. The van der Waals surface area contributed by atoms with Gasteiger partial charge in [-0.1, -0.05) is 40.5 Å². The third-order valence-electron chi connectivity index (χ3n) is 14.6. The highest BCUT2D eigenvalue weighted by molar-refractivity contribution is 4.93. The molecule has 46 nitrogen and oxygen atoms in total. The Labute approximate surface area is 543 Å². The number of nitrogens with one attached hydrogen (secondary N) is 18. The third-order valence-corrected chi connectivity index (χ3v) is 14.6. The first-order valence-corrected chi connectivity index (χ1v) is 30.9. The topological polar surface area (TPSA) is 858 Å². The summed E-state index contributed by atoms with van der Waals surface area (Å²) in [6, 6.07) is -12.1. The van der Waals surface area contributed by atoms with Crippen molar-refractivity contribution in [3.63, 3.8) is 0 Å². The highest BCUT2D eigenvalue weighted by Crippen LogP contribution is 2.10. The van der Waals surface area contributed by atoms with Crippen LogP contribution < -0.4 is 170 Å². The van der Waals surface area contributed by atoms with Gasteiger partial charge in [0.1, 0.15) is 99.9 Å². The predicted octanol–water partition coefficient (Wildman–Crippen LogP) is -23.2. The Morgan fingerprint density at radius 3 is 0.903 bits per heavy atom. The summed E-state index contributed by atoms with van der Waals surface area (Å²) in [7, 11) is 0. The number of hydrazine groups is 1. The van der Waals surface area contributed by atoms with Crippen molar-refractivity contribution in [2.45, 2.75) is 232 Å². The molecule has 93 heavy (non-hydrogen) atoms. The van der Waals surface area contributed by atoms with Crippen molar-refractivity contribution in [2.75, 3.05) is 59.0 Å². The van der Waals surface area contributed by atoms with Gasteiger partial charge in [-0.3, -0.25) is 102 Å². The number of nitrogens with two attached hydrogens (primary N) is 13.